The van der Waals surface area contributed by atoms with Crippen molar-refractivity contribution in [2.24, 2.45) is 0 Å². The predicted octanol–water partition coefficient (Wildman–Crippen LogP) is 2.03. The summed E-state index contributed by atoms with van der Waals surface area (Å²) >= 11 is 5.82. The summed E-state index contributed by atoms with van der Waals surface area (Å²) in [6.45, 7) is 0. The molecule has 0 aliphatic heterocycles. The molecule has 0 radical (unpaired) electrons. The van der Waals surface area contributed by atoms with Gasteiger partial charge in [0.15, 0.2) is 11.2 Å². The Bertz CT molecular complexity index is 767. The summed E-state index contributed by atoms with van der Waals surface area (Å²) in [5.41, 5.74) is 1.71. The lowest BCUT2D eigenvalue weighted by Gasteiger charge is -2.01. The SMILES string of the molecule is O=c1[nH]cnc2ncc(-c3ccc(Cl)cc3)nc12. The van der Waals surface area contributed by atoms with E-state index in [-0.39, 0.29) is 11.1 Å². The Morgan fingerprint density at radius 3 is 2.67 bits per heavy atom. The van der Waals surface area contributed by atoms with E-state index in [2.05, 4.69) is 19.9 Å². The van der Waals surface area contributed by atoms with Crippen LogP contribution in [0.15, 0.2) is 41.6 Å². The Morgan fingerprint density at radius 2 is 1.89 bits per heavy atom. The van der Waals surface area contributed by atoms with E-state index >= 15 is 0 Å². The van der Waals surface area contributed by atoms with Crippen molar-refractivity contribution in [2.75, 3.05) is 0 Å². The second-order valence-corrected chi connectivity index (χ2v) is 4.10. The monoisotopic (exact) mass is 258 g/mol. The number of hydrogen-bond acceptors (Lipinski definition) is 4. The summed E-state index contributed by atoms with van der Waals surface area (Å²) in [4.78, 5) is 26.4. The van der Waals surface area contributed by atoms with Crippen LogP contribution in [0.1, 0.15) is 0 Å². The van der Waals surface area contributed by atoms with E-state index in [1.54, 1.807) is 18.3 Å². The third-order valence-corrected chi connectivity index (χ3v) is 2.74. The van der Waals surface area contributed by atoms with Gasteiger partial charge < -0.3 is 4.98 Å². The average molecular weight is 259 g/mol. The number of hydrogen-bond donors (Lipinski definition) is 1. The molecule has 0 fully saturated rings. The quantitative estimate of drug-likeness (QED) is 0.725. The summed E-state index contributed by atoms with van der Waals surface area (Å²) in [5, 5.41) is 0.645. The van der Waals surface area contributed by atoms with E-state index in [9.17, 15) is 4.79 Å². The van der Waals surface area contributed by atoms with Gasteiger partial charge in [0.25, 0.3) is 5.56 Å². The summed E-state index contributed by atoms with van der Waals surface area (Å²) in [6.07, 6.45) is 2.89. The average Bonchev–Trinajstić information content (AvgIpc) is 2.40. The molecule has 88 valence electrons. The van der Waals surface area contributed by atoms with Gasteiger partial charge >= 0.3 is 0 Å². The molecule has 2 aromatic heterocycles. The molecule has 0 saturated carbocycles. The zero-order chi connectivity index (χ0) is 12.5. The van der Waals surface area contributed by atoms with Crippen LogP contribution in [0.25, 0.3) is 22.4 Å². The van der Waals surface area contributed by atoms with Gasteiger partial charge in [-0.05, 0) is 12.1 Å². The number of aromatic amines is 1. The summed E-state index contributed by atoms with van der Waals surface area (Å²) in [6, 6.07) is 7.16. The van der Waals surface area contributed by atoms with Crippen LogP contribution in [0.4, 0.5) is 0 Å². The van der Waals surface area contributed by atoms with Crippen molar-refractivity contribution in [2.45, 2.75) is 0 Å². The molecule has 1 aromatic carbocycles. The predicted molar refractivity (Wildman–Crippen MR) is 68.4 cm³/mol. The molecule has 0 spiro atoms. The first-order chi connectivity index (χ1) is 8.74. The van der Waals surface area contributed by atoms with Gasteiger partial charge in [-0.3, -0.25) is 4.79 Å². The Kier molecular flexibility index (Phi) is 2.53. The van der Waals surface area contributed by atoms with Gasteiger partial charge in [0.2, 0.25) is 0 Å². The van der Waals surface area contributed by atoms with E-state index in [0.717, 1.165) is 5.56 Å². The second kappa shape index (κ2) is 4.19. The van der Waals surface area contributed by atoms with Crippen LogP contribution in [-0.2, 0) is 0 Å². The third-order valence-electron chi connectivity index (χ3n) is 2.49. The van der Waals surface area contributed by atoms with E-state index in [4.69, 9.17) is 11.6 Å². The van der Waals surface area contributed by atoms with Crippen molar-refractivity contribution in [3.05, 3.63) is 52.2 Å². The molecule has 0 aliphatic carbocycles. The number of fused-ring (bicyclic) bond motifs is 1. The number of nitrogens with zero attached hydrogens (tertiary/aromatic N) is 3. The molecule has 0 saturated heterocycles. The van der Waals surface area contributed by atoms with Crippen LogP contribution < -0.4 is 5.56 Å². The van der Waals surface area contributed by atoms with Crippen molar-refractivity contribution in [3.63, 3.8) is 0 Å². The van der Waals surface area contributed by atoms with Gasteiger partial charge in [-0.25, -0.2) is 15.0 Å². The fourth-order valence-corrected chi connectivity index (χ4v) is 1.74. The minimum absolute atomic E-state index is 0.227. The lowest BCUT2D eigenvalue weighted by molar-refractivity contribution is 1.11. The Balaban J connectivity index is 2.22. The molecule has 0 bridgehead atoms. The van der Waals surface area contributed by atoms with Crippen LogP contribution in [0.5, 0.6) is 0 Å². The van der Waals surface area contributed by atoms with Crippen molar-refractivity contribution in [1.29, 1.82) is 0 Å². The number of rotatable bonds is 1. The highest BCUT2D eigenvalue weighted by atomic mass is 35.5. The summed E-state index contributed by atoms with van der Waals surface area (Å²) in [5.74, 6) is 0. The molecule has 2 heterocycles. The molecule has 6 heteroatoms. The summed E-state index contributed by atoms with van der Waals surface area (Å²) < 4.78 is 0. The number of aromatic nitrogens is 4. The van der Waals surface area contributed by atoms with E-state index in [1.165, 1.54) is 6.33 Å². The van der Waals surface area contributed by atoms with Crippen LogP contribution >= 0.6 is 11.6 Å². The molecule has 5 nitrogen and oxygen atoms in total. The van der Waals surface area contributed by atoms with Crippen LogP contribution in [-0.4, -0.2) is 19.9 Å². The maximum atomic E-state index is 11.6. The van der Waals surface area contributed by atoms with E-state index in [0.29, 0.717) is 16.4 Å². The number of H-pyrrole nitrogens is 1. The molecule has 0 atom stereocenters. The topological polar surface area (TPSA) is 71.5 Å². The first-order valence-electron chi connectivity index (χ1n) is 5.20. The van der Waals surface area contributed by atoms with Crippen molar-refractivity contribution in [1.82, 2.24) is 19.9 Å². The number of halogens is 1. The van der Waals surface area contributed by atoms with Crippen molar-refractivity contribution in [3.8, 4) is 11.3 Å². The maximum Gasteiger partial charge on any atom is 0.278 e. The number of nitrogens with one attached hydrogen (secondary N) is 1. The normalized spacial score (nSPS) is 10.7. The van der Waals surface area contributed by atoms with Crippen LogP contribution in [0, 0.1) is 0 Å². The smallest absolute Gasteiger partial charge is 0.278 e. The molecule has 1 N–H and O–H groups in total. The molecular weight excluding hydrogens is 252 g/mol. The molecule has 0 unspecified atom stereocenters. The molecule has 3 rings (SSSR count). The standard InChI is InChI=1S/C12H7ClN4O/c13-8-3-1-7(2-4-8)9-5-14-11-10(17-9)12(18)16-6-15-11/h1-6H,(H,14,15,16,18). The second-order valence-electron chi connectivity index (χ2n) is 3.67. The maximum absolute atomic E-state index is 11.6. The summed E-state index contributed by atoms with van der Waals surface area (Å²) in [7, 11) is 0. The fraction of sp³-hybridized carbons (Fsp3) is 0. The van der Waals surface area contributed by atoms with Crippen molar-refractivity contribution >= 4 is 22.8 Å². The molecule has 3 aromatic rings. The molecule has 18 heavy (non-hydrogen) atoms. The zero-order valence-corrected chi connectivity index (χ0v) is 9.85. The Hall–Kier alpha value is -2.27. The Morgan fingerprint density at radius 1 is 1.11 bits per heavy atom. The minimum Gasteiger partial charge on any atom is -0.311 e. The fourth-order valence-electron chi connectivity index (χ4n) is 1.61. The minimum atomic E-state index is -0.302. The number of benzene rings is 1. The lowest BCUT2D eigenvalue weighted by Crippen LogP contribution is -2.09. The molecular formula is C12H7ClN4O. The highest BCUT2D eigenvalue weighted by molar-refractivity contribution is 6.30. The van der Waals surface area contributed by atoms with Crippen molar-refractivity contribution < 1.29 is 0 Å². The molecule has 0 aliphatic rings. The van der Waals surface area contributed by atoms with Gasteiger partial charge in [-0.15, -0.1) is 0 Å². The highest BCUT2D eigenvalue weighted by Gasteiger charge is 2.06. The third kappa shape index (κ3) is 1.84. The van der Waals surface area contributed by atoms with Crippen LogP contribution in [0.3, 0.4) is 0 Å². The van der Waals surface area contributed by atoms with Gasteiger partial charge in [-0.1, -0.05) is 23.7 Å². The first-order valence-corrected chi connectivity index (χ1v) is 5.58. The van der Waals surface area contributed by atoms with Gasteiger partial charge in [0.1, 0.15) is 0 Å². The van der Waals surface area contributed by atoms with E-state index < -0.39 is 0 Å². The molecule has 0 amide bonds. The van der Waals surface area contributed by atoms with Gasteiger partial charge in [-0.2, -0.15) is 0 Å². The largest absolute Gasteiger partial charge is 0.311 e. The Labute approximate surface area is 107 Å². The highest BCUT2D eigenvalue weighted by Crippen LogP contribution is 2.19. The zero-order valence-electron chi connectivity index (χ0n) is 9.09. The first kappa shape index (κ1) is 10.9. The van der Waals surface area contributed by atoms with Crippen LogP contribution in [0.2, 0.25) is 5.02 Å². The van der Waals surface area contributed by atoms with Gasteiger partial charge in [0, 0.05) is 10.6 Å². The van der Waals surface area contributed by atoms with E-state index in [1.807, 2.05) is 12.1 Å². The lowest BCUT2D eigenvalue weighted by atomic mass is 10.2. The van der Waals surface area contributed by atoms with Gasteiger partial charge in [0.05, 0.1) is 18.2 Å².